The van der Waals surface area contributed by atoms with Gasteiger partial charge in [0.25, 0.3) is 0 Å². The van der Waals surface area contributed by atoms with Crippen LogP contribution in [0.3, 0.4) is 0 Å². The summed E-state index contributed by atoms with van der Waals surface area (Å²) in [6, 6.07) is 7.53. The third-order valence-corrected chi connectivity index (χ3v) is 3.96. The highest BCUT2D eigenvalue weighted by Crippen LogP contribution is 2.23. The lowest BCUT2D eigenvalue weighted by molar-refractivity contribution is 0.173. The Morgan fingerprint density at radius 1 is 1.30 bits per heavy atom. The molecule has 1 aromatic carbocycles. The number of hydrogen-bond acceptors (Lipinski definition) is 2. The van der Waals surface area contributed by atoms with Crippen molar-refractivity contribution in [1.82, 2.24) is 9.78 Å². The highest BCUT2D eigenvalue weighted by Gasteiger charge is 2.17. The van der Waals surface area contributed by atoms with E-state index in [4.69, 9.17) is 23.2 Å². The minimum Gasteiger partial charge on any atom is -0.392 e. The van der Waals surface area contributed by atoms with Crippen molar-refractivity contribution in [3.05, 3.63) is 51.3 Å². The number of hydrogen-bond donors (Lipinski definition) is 1. The lowest BCUT2D eigenvalue weighted by Crippen LogP contribution is -2.16. The van der Waals surface area contributed by atoms with Crippen molar-refractivity contribution >= 4 is 23.2 Å². The van der Waals surface area contributed by atoms with E-state index in [2.05, 4.69) is 5.10 Å². The summed E-state index contributed by atoms with van der Waals surface area (Å²) in [5.41, 5.74) is 2.76. The molecule has 0 bridgehead atoms. The molecule has 1 unspecified atom stereocenters. The molecule has 0 saturated carbocycles. The van der Waals surface area contributed by atoms with Crippen LogP contribution < -0.4 is 0 Å². The zero-order valence-corrected chi connectivity index (χ0v) is 13.1. The van der Waals surface area contributed by atoms with Gasteiger partial charge in [-0.3, -0.25) is 4.68 Å². The molecule has 1 heterocycles. The van der Waals surface area contributed by atoms with E-state index in [-0.39, 0.29) is 0 Å². The molecule has 2 aromatic rings. The predicted octanol–water partition coefficient (Wildman–Crippen LogP) is 3.44. The van der Waals surface area contributed by atoms with E-state index in [0.717, 1.165) is 23.4 Å². The second kappa shape index (κ2) is 6.61. The summed E-state index contributed by atoms with van der Waals surface area (Å²) in [6.45, 7) is 2.01. The molecule has 0 fully saturated rings. The van der Waals surface area contributed by atoms with E-state index in [1.165, 1.54) is 0 Å². The maximum Gasteiger partial charge on any atom is 0.0850 e. The zero-order valence-electron chi connectivity index (χ0n) is 11.6. The van der Waals surface area contributed by atoms with E-state index in [0.29, 0.717) is 22.9 Å². The van der Waals surface area contributed by atoms with Crippen LogP contribution in [0.5, 0.6) is 0 Å². The van der Waals surface area contributed by atoms with Gasteiger partial charge in [-0.2, -0.15) is 5.10 Å². The summed E-state index contributed by atoms with van der Waals surface area (Å²) >= 11 is 12.2. The molecule has 1 atom stereocenters. The van der Waals surface area contributed by atoms with Crippen LogP contribution in [0.25, 0.3) is 0 Å². The summed E-state index contributed by atoms with van der Waals surface area (Å²) < 4.78 is 1.75. The fourth-order valence-electron chi connectivity index (χ4n) is 2.27. The average Bonchev–Trinajstić information content (AvgIpc) is 2.66. The predicted molar refractivity (Wildman–Crippen MR) is 82.5 cm³/mol. The number of aromatic nitrogens is 2. The molecule has 0 saturated heterocycles. The fraction of sp³-hybridized carbons (Fsp3) is 0.400. The third-order valence-electron chi connectivity index (χ3n) is 3.29. The van der Waals surface area contributed by atoms with Crippen molar-refractivity contribution in [2.75, 3.05) is 0 Å². The van der Waals surface area contributed by atoms with Gasteiger partial charge in [0.05, 0.1) is 22.5 Å². The molecule has 0 aliphatic heterocycles. The van der Waals surface area contributed by atoms with Crippen LogP contribution in [0.1, 0.15) is 23.9 Å². The molecule has 5 heteroatoms. The maximum absolute atomic E-state index is 10.2. The van der Waals surface area contributed by atoms with Crippen molar-refractivity contribution in [1.29, 1.82) is 0 Å². The molecule has 1 N–H and O–H groups in total. The normalized spacial score (nSPS) is 12.7. The van der Waals surface area contributed by atoms with Crippen molar-refractivity contribution in [3.63, 3.8) is 0 Å². The van der Waals surface area contributed by atoms with Gasteiger partial charge in [0, 0.05) is 18.5 Å². The Balaban J connectivity index is 2.08. The zero-order chi connectivity index (χ0) is 14.7. The van der Waals surface area contributed by atoms with Crippen molar-refractivity contribution in [2.24, 2.45) is 7.05 Å². The van der Waals surface area contributed by atoms with Gasteiger partial charge >= 0.3 is 0 Å². The average molecular weight is 313 g/mol. The van der Waals surface area contributed by atoms with Gasteiger partial charge in [0.1, 0.15) is 0 Å². The molecular weight excluding hydrogens is 295 g/mol. The monoisotopic (exact) mass is 312 g/mol. The maximum atomic E-state index is 10.2. The Morgan fingerprint density at radius 3 is 2.65 bits per heavy atom. The van der Waals surface area contributed by atoms with Crippen LogP contribution in [0.2, 0.25) is 10.0 Å². The van der Waals surface area contributed by atoms with Crippen LogP contribution >= 0.6 is 23.2 Å². The highest BCUT2D eigenvalue weighted by atomic mass is 35.5. The number of aliphatic hydroxyl groups excluding tert-OH is 1. The van der Waals surface area contributed by atoms with Crippen molar-refractivity contribution in [2.45, 2.75) is 32.3 Å². The van der Waals surface area contributed by atoms with Gasteiger partial charge in [-0.1, -0.05) is 42.3 Å². The smallest absolute Gasteiger partial charge is 0.0850 e. The quantitative estimate of drug-likeness (QED) is 0.918. The minimum atomic E-state index is -0.508. The van der Waals surface area contributed by atoms with Gasteiger partial charge in [-0.05, 0) is 30.5 Å². The largest absolute Gasteiger partial charge is 0.392 e. The first kappa shape index (κ1) is 15.4. The highest BCUT2D eigenvalue weighted by molar-refractivity contribution is 6.32. The summed E-state index contributed by atoms with van der Waals surface area (Å²) in [4.78, 5) is 0. The second-order valence-electron chi connectivity index (χ2n) is 4.88. The lowest BCUT2D eigenvalue weighted by Gasteiger charge is -2.11. The molecule has 3 nitrogen and oxygen atoms in total. The minimum absolute atomic E-state index is 0.481. The van der Waals surface area contributed by atoms with Crippen LogP contribution in [0, 0.1) is 0 Å². The third kappa shape index (κ3) is 3.54. The fourth-order valence-corrected chi connectivity index (χ4v) is 2.86. The number of nitrogens with zero attached hydrogens (tertiary/aromatic N) is 2. The molecule has 108 valence electrons. The number of benzene rings is 1. The molecule has 2 rings (SSSR count). The first-order chi connectivity index (χ1) is 9.51. The first-order valence-corrected chi connectivity index (χ1v) is 7.39. The van der Waals surface area contributed by atoms with Crippen molar-refractivity contribution in [3.8, 4) is 0 Å². The molecule has 0 amide bonds. The van der Waals surface area contributed by atoms with Crippen molar-refractivity contribution < 1.29 is 5.11 Å². The first-order valence-electron chi connectivity index (χ1n) is 6.64. The summed E-state index contributed by atoms with van der Waals surface area (Å²) in [6.07, 6.45) is 1.31. The van der Waals surface area contributed by atoms with E-state index in [9.17, 15) is 5.11 Å². The van der Waals surface area contributed by atoms with Gasteiger partial charge in [0.2, 0.25) is 0 Å². The molecule has 0 aliphatic carbocycles. The van der Waals surface area contributed by atoms with E-state index < -0.39 is 6.10 Å². The van der Waals surface area contributed by atoms with Gasteiger partial charge in [-0.15, -0.1) is 0 Å². The Morgan fingerprint density at radius 2 is 2.05 bits per heavy atom. The van der Waals surface area contributed by atoms with Gasteiger partial charge in [-0.25, -0.2) is 0 Å². The molecule has 0 spiro atoms. The number of halogens is 2. The van der Waals surface area contributed by atoms with Crippen LogP contribution in [-0.4, -0.2) is 21.0 Å². The molecule has 0 radical (unpaired) electrons. The van der Waals surface area contributed by atoms with Crippen LogP contribution in [0.15, 0.2) is 24.3 Å². The second-order valence-corrected chi connectivity index (χ2v) is 5.69. The van der Waals surface area contributed by atoms with Crippen LogP contribution in [0.4, 0.5) is 0 Å². The standard InChI is InChI=1S/C15H18Cl2N2O/c1-3-13-15(17)14(19(2)18-13)9-12(20)8-10-5-4-6-11(16)7-10/h4-7,12,20H,3,8-9H2,1-2H3. The Kier molecular flexibility index (Phi) is 5.08. The summed E-state index contributed by atoms with van der Waals surface area (Å²) in [7, 11) is 1.85. The Labute approximate surface area is 129 Å². The SMILES string of the molecule is CCc1nn(C)c(CC(O)Cc2cccc(Cl)c2)c1Cl. The molecular formula is C15H18Cl2N2O. The van der Waals surface area contributed by atoms with Gasteiger partial charge < -0.3 is 5.11 Å². The van der Waals surface area contributed by atoms with Gasteiger partial charge in [0.15, 0.2) is 0 Å². The topological polar surface area (TPSA) is 38.0 Å². The van der Waals surface area contributed by atoms with E-state index in [1.807, 2.05) is 38.2 Å². The number of aryl methyl sites for hydroxylation is 2. The lowest BCUT2D eigenvalue weighted by atomic mass is 10.0. The number of aliphatic hydroxyl groups is 1. The molecule has 20 heavy (non-hydrogen) atoms. The summed E-state index contributed by atoms with van der Waals surface area (Å²) in [5.74, 6) is 0. The van der Waals surface area contributed by atoms with E-state index >= 15 is 0 Å². The number of rotatable bonds is 5. The van der Waals surface area contributed by atoms with E-state index in [1.54, 1.807) is 4.68 Å². The molecule has 0 aliphatic rings. The van der Waals surface area contributed by atoms with Crippen LogP contribution in [-0.2, 0) is 26.3 Å². The summed E-state index contributed by atoms with van der Waals surface area (Å²) in [5, 5.41) is 15.9. The Bertz CT molecular complexity index is 596. The molecule has 1 aromatic heterocycles. The Hall–Kier alpha value is -1.03.